The van der Waals surface area contributed by atoms with Crippen molar-refractivity contribution in [3.05, 3.63) is 34.4 Å². The van der Waals surface area contributed by atoms with Crippen molar-refractivity contribution in [1.29, 1.82) is 0 Å². The lowest BCUT2D eigenvalue weighted by Crippen LogP contribution is -2.41. The van der Waals surface area contributed by atoms with Crippen LogP contribution in [0.3, 0.4) is 0 Å². The summed E-state index contributed by atoms with van der Waals surface area (Å²) in [5.41, 5.74) is 2.32. The highest BCUT2D eigenvalue weighted by atomic mass is 35.5. The molecule has 0 unspecified atom stereocenters. The summed E-state index contributed by atoms with van der Waals surface area (Å²) in [5.74, 6) is 1.98. The molecule has 6 heteroatoms. The van der Waals surface area contributed by atoms with E-state index in [9.17, 15) is 4.79 Å². The van der Waals surface area contributed by atoms with Crippen molar-refractivity contribution in [3.63, 3.8) is 0 Å². The van der Waals surface area contributed by atoms with Gasteiger partial charge in [-0.3, -0.25) is 9.69 Å². The maximum absolute atomic E-state index is 11.7. The van der Waals surface area contributed by atoms with E-state index in [2.05, 4.69) is 16.3 Å². The molecule has 4 heterocycles. The monoisotopic (exact) mass is 402 g/mol. The molecule has 1 aromatic carbocycles. The van der Waals surface area contributed by atoms with Crippen molar-refractivity contribution in [2.24, 2.45) is 11.8 Å². The Bertz CT molecular complexity index is 826. The Morgan fingerprint density at radius 3 is 3.18 bits per heavy atom. The number of hydrogen-bond donors (Lipinski definition) is 1. The van der Waals surface area contributed by atoms with Crippen LogP contribution in [0.15, 0.2) is 23.8 Å². The lowest BCUT2D eigenvalue weighted by molar-refractivity contribution is -0.121. The largest absolute Gasteiger partial charge is 0.489 e. The normalized spacial score (nSPS) is 33.2. The Hall–Kier alpha value is -1.56. The van der Waals surface area contributed by atoms with Crippen molar-refractivity contribution >= 4 is 23.6 Å². The molecule has 1 aromatic rings. The molecule has 0 aromatic heterocycles. The van der Waals surface area contributed by atoms with Crippen LogP contribution in [0, 0.1) is 11.8 Å². The molecule has 4 atom stereocenters. The van der Waals surface area contributed by atoms with Crippen LogP contribution in [0.4, 0.5) is 0 Å². The molecule has 3 saturated heterocycles. The van der Waals surface area contributed by atoms with Gasteiger partial charge in [-0.15, -0.1) is 0 Å². The zero-order chi connectivity index (χ0) is 19.3. The quantitative estimate of drug-likeness (QED) is 0.822. The molecular formula is C22H27ClN2O3. The first-order valence-corrected chi connectivity index (χ1v) is 10.7. The summed E-state index contributed by atoms with van der Waals surface area (Å²) in [6.45, 7) is 6.18. The first-order valence-electron chi connectivity index (χ1n) is 10.3. The summed E-state index contributed by atoms with van der Waals surface area (Å²) < 4.78 is 12.4. The van der Waals surface area contributed by atoms with E-state index in [4.69, 9.17) is 21.1 Å². The second-order valence-electron chi connectivity index (χ2n) is 8.63. The van der Waals surface area contributed by atoms with Crippen LogP contribution in [0.25, 0.3) is 6.08 Å². The van der Waals surface area contributed by atoms with Gasteiger partial charge in [-0.2, -0.15) is 0 Å². The van der Waals surface area contributed by atoms with E-state index in [1.807, 2.05) is 25.1 Å². The van der Waals surface area contributed by atoms with Gasteiger partial charge in [0, 0.05) is 55.0 Å². The van der Waals surface area contributed by atoms with E-state index in [0.717, 1.165) is 55.4 Å². The predicted molar refractivity (Wildman–Crippen MR) is 108 cm³/mol. The van der Waals surface area contributed by atoms with E-state index in [-0.39, 0.29) is 11.5 Å². The van der Waals surface area contributed by atoms with Crippen molar-refractivity contribution < 1.29 is 14.3 Å². The summed E-state index contributed by atoms with van der Waals surface area (Å²) in [7, 11) is 0. The number of benzene rings is 1. The molecule has 0 aliphatic carbocycles. The number of ether oxygens (including phenoxy) is 2. The van der Waals surface area contributed by atoms with Gasteiger partial charge in [-0.1, -0.05) is 18.5 Å². The third-order valence-electron chi connectivity index (χ3n) is 6.88. The minimum absolute atomic E-state index is 0.0103. The van der Waals surface area contributed by atoms with E-state index in [0.29, 0.717) is 31.0 Å². The highest BCUT2D eigenvalue weighted by molar-refractivity contribution is 6.30. The Kier molecular flexibility index (Phi) is 4.65. The van der Waals surface area contributed by atoms with Crippen LogP contribution in [-0.4, -0.2) is 55.3 Å². The standard InChI is InChI=1S/C22H27ClN2O3/c1-2-21(26)24-9-17-18-11-25(13-22(18)6-5-20(17)28-22)10-14-7-15-8-16(23)3-4-19(15)27-12-14/h3-4,7-8,17-18,20H,2,5-6,9-13H2,1H3,(H,24,26)/t17-,18+,20+,22+/m0/s1. The van der Waals surface area contributed by atoms with Crippen LogP contribution in [0.5, 0.6) is 5.75 Å². The Balaban J connectivity index is 1.27. The fourth-order valence-electron chi connectivity index (χ4n) is 5.61. The second kappa shape index (κ2) is 7.05. The molecule has 0 saturated carbocycles. The number of hydrogen-bond acceptors (Lipinski definition) is 4. The van der Waals surface area contributed by atoms with Gasteiger partial charge in [-0.05, 0) is 42.7 Å². The van der Waals surface area contributed by atoms with Gasteiger partial charge in [0.2, 0.25) is 5.91 Å². The summed E-state index contributed by atoms with van der Waals surface area (Å²) in [6, 6.07) is 5.77. The lowest BCUT2D eigenvalue weighted by atomic mass is 9.73. The topological polar surface area (TPSA) is 50.8 Å². The maximum atomic E-state index is 11.7. The van der Waals surface area contributed by atoms with E-state index in [1.165, 1.54) is 5.57 Å². The molecule has 2 bridgehead atoms. The fraction of sp³-hybridized carbons (Fsp3) is 0.591. The molecule has 5 nitrogen and oxygen atoms in total. The molecule has 1 spiro atoms. The second-order valence-corrected chi connectivity index (χ2v) is 9.07. The number of rotatable bonds is 5. The Labute approximate surface area is 171 Å². The highest BCUT2D eigenvalue weighted by Gasteiger charge is 2.62. The first-order chi connectivity index (χ1) is 13.6. The van der Waals surface area contributed by atoms with Gasteiger partial charge in [-0.25, -0.2) is 0 Å². The van der Waals surface area contributed by atoms with Crippen LogP contribution in [-0.2, 0) is 9.53 Å². The van der Waals surface area contributed by atoms with Crippen LogP contribution in [0.1, 0.15) is 31.7 Å². The van der Waals surface area contributed by atoms with E-state index >= 15 is 0 Å². The van der Waals surface area contributed by atoms with Gasteiger partial charge < -0.3 is 14.8 Å². The summed E-state index contributed by atoms with van der Waals surface area (Å²) in [5, 5.41) is 3.83. The number of amides is 1. The number of halogens is 1. The molecule has 4 aliphatic rings. The minimum Gasteiger partial charge on any atom is -0.489 e. The Morgan fingerprint density at radius 1 is 1.43 bits per heavy atom. The highest BCUT2D eigenvalue weighted by Crippen LogP contribution is 2.54. The molecule has 1 amide bonds. The zero-order valence-electron chi connectivity index (χ0n) is 16.2. The molecule has 4 aliphatic heterocycles. The number of fused-ring (bicyclic) bond motifs is 2. The van der Waals surface area contributed by atoms with E-state index in [1.54, 1.807) is 0 Å². The first kappa shape index (κ1) is 18.5. The van der Waals surface area contributed by atoms with Gasteiger partial charge >= 0.3 is 0 Å². The van der Waals surface area contributed by atoms with Crippen LogP contribution < -0.4 is 10.1 Å². The van der Waals surface area contributed by atoms with Gasteiger partial charge in [0.15, 0.2) is 0 Å². The third-order valence-corrected chi connectivity index (χ3v) is 7.12. The van der Waals surface area contributed by atoms with Crippen molar-refractivity contribution in [2.45, 2.75) is 37.9 Å². The van der Waals surface area contributed by atoms with Crippen molar-refractivity contribution in [1.82, 2.24) is 10.2 Å². The summed E-state index contributed by atoms with van der Waals surface area (Å²) >= 11 is 6.14. The van der Waals surface area contributed by atoms with E-state index < -0.39 is 0 Å². The smallest absolute Gasteiger partial charge is 0.219 e. The third kappa shape index (κ3) is 3.14. The molecule has 28 heavy (non-hydrogen) atoms. The minimum atomic E-state index is -0.0103. The summed E-state index contributed by atoms with van der Waals surface area (Å²) in [6.07, 6.45) is 5.34. The van der Waals surface area contributed by atoms with Gasteiger partial charge in [0.1, 0.15) is 12.4 Å². The predicted octanol–water partition coefficient (Wildman–Crippen LogP) is 3.12. The van der Waals surface area contributed by atoms with Crippen molar-refractivity contribution in [2.75, 3.05) is 32.8 Å². The van der Waals surface area contributed by atoms with Crippen molar-refractivity contribution in [3.8, 4) is 5.75 Å². The number of nitrogens with one attached hydrogen (secondary N) is 1. The average Bonchev–Trinajstić information content (AvgIpc) is 3.33. The number of likely N-dealkylation sites (tertiary alicyclic amines) is 1. The number of nitrogens with zero attached hydrogens (tertiary/aromatic N) is 1. The Morgan fingerprint density at radius 2 is 2.32 bits per heavy atom. The molecule has 3 fully saturated rings. The number of carbonyl (C=O) groups is 1. The zero-order valence-corrected chi connectivity index (χ0v) is 17.0. The SMILES string of the molecule is CCC(=O)NC[C@H]1[C@H]2CN(CC3=Cc4cc(Cl)ccc4OC3)C[C@]23CC[C@H]1O3. The molecule has 0 radical (unpaired) electrons. The number of carbonyl (C=O) groups excluding carboxylic acids is 1. The maximum Gasteiger partial charge on any atom is 0.219 e. The van der Waals surface area contributed by atoms with Crippen LogP contribution >= 0.6 is 11.6 Å². The average molecular weight is 403 g/mol. The molecule has 5 rings (SSSR count). The molecule has 1 N–H and O–H groups in total. The molecular weight excluding hydrogens is 376 g/mol. The summed E-state index contributed by atoms with van der Waals surface area (Å²) in [4.78, 5) is 14.2. The molecule has 150 valence electrons. The fourth-order valence-corrected chi connectivity index (χ4v) is 5.79. The van der Waals surface area contributed by atoms with Crippen LogP contribution in [0.2, 0.25) is 5.02 Å². The van der Waals surface area contributed by atoms with Gasteiger partial charge in [0.05, 0.1) is 11.7 Å². The van der Waals surface area contributed by atoms with Gasteiger partial charge in [0.25, 0.3) is 0 Å². The lowest BCUT2D eigenvalue weighted by Gasteiger charge is -2.29.